The second-order valence-electron chi connectivity index (χ2n) is 10.5. The normalized spacial score (nSPS) is 21.9. The number of hydrogen-bond donors (Lipinski definition) is 6. The van der Waals surface area contributed by atoms with Gasteiger partial charge in [0.2, 0.25) is 5.91 Å². The molecule has 1 fully saturated rings. The highest BCUT2D eigenvalue weighted by Gasteiger charge is 2.29. The average molecular weight is 469 g/mol. The molecule has 0 bridgehead atoms. The summed E-state index contributed by atoms with van der Waals surface area (Å²) >= 11 is 0. The van der Waals surface area contributed by atoms with E-state index in [4.69, 9.17) is 11.5 Å². The van der Waals surface area contributed by atoms with Crippen molar-refractivity contribution in [2.24, 2.45) is 29.2 Å². The second-order valence-corrected chi connectivity index (χ2v) is 10.5. The van der Waals surface area contributed by atoms with Crippen molar-refractivity contribution in [1.29, 1.82) is 0 Å². The Morgan fingerprint density at radius 3 is 2.18 bits per heavy atom. The van der Waals surface area contributed by atoms with Crippen molar-refractivity contribution in [2.45, 2.75) is 97.1 Å². The fourth-order valence-electron chi connectivity index (χ4n) is 4.88. The molecule has 196 valence electrons. The molecular weight excluding hydrogens is 412 g/mol. The Bertz CT molecular complexity index is 476. The maximum absolute atomic E-state index is 12.2. The van der Waals surface area contributed by atoms with Crippen molar-refractivity contribution >= 4 is 5.91 Å². The number of carbonyl (C=O) groups excluding carboxylic acids is 1. The average Bonchev–Trinajstić information content (AvgIpc) is 2.79. The standard InChI is InChI=1S/C26H56N6O/c1-21(2)23-12-11-22(3)20-25(23)31-18-5-4-10-24(28)26(33)32-19-9-17-30-15-7-6-14-29-16-8-13-27/h21-25,29-31H,4-20,27-28H2,1-3H3,(H,32,33)/t22-,23?,24-,25?/m1/s1. The zero-order valence-electron chi connectivity index (χ0n) is 22.0. The Kier molecular flexibility index (Phi) is 18.0. The summed E-state index contributed by atoms with van der Waals surface area (Å²) < 4.78 is 0. The summed E-state index contributed by atoms with van der Waals surface area (Å²) in [5.74, 6) is 2.37. The van der Waals surface area contributed by atoms with Crippen LogP contribution in [0.1, 0.15) is 85.0 Å². The molecule has 4 atom stereocenters. The van der Waals surface area contributed by atoms with E-state index in [1.165, 1.54) is 32.1 Å². The topological polar surface area (TPSA) is 117 Å². The van der Waals surface area contributed by atoms with Gasteiger partial charge in [0.15, 0.2) is 0 Å². The van der Waals surface area contributed by atoms with E-state index in [0.717, 1.165) is 89.1 Å². The molecule has 7 heteroatoms. The highest BCUT2D eigenvalue weighted by molar-refractivity contribution is 5.81. The first kappa shape index (κ1) is 30.3. The first-order valence-corrected chi connectivity index (χ1v) is 13.8. The quantitative estimate of drug-likeness (QED) is 0.153. The summed E-state index contributed by atoms with van der Waals surface area (Å²) in [4.78, 5) is 12.2. The van der Waals surface area contributed by atoms with Gasteiger partial charge in [-0.3, -0.25) is 4.79 Å². The molecule has 0 radical (unpaired) electrons. The van der Waals surface area contributed by atoms with Gasteiger partial charge >= 0.3 is 0 Å². The Hall–Kier alpha value is -0.730. The Morgan fingerprint density at radius 1 is 0.879 bits per heavy atom. The van der Waals surface area contributed by atoms with Crippen LogP contribution in [0.2, 0.25) is 0 Å². The number of nitrogens with two attached hydrogens (primary N) is 2. The van der Waals surface area contributed by atoms with Crippen LogP contribution >= 0.6 is 0 Å². The van der Waals surface area contributed by atoms with E-state index < -0.39 is 0 Å². The van der Waals surface area contributed by atoms with Gasteiger partial charge in [0.1, 0.15) is 0 Å². The largest absolute Gasteiger partial charge is 0.355 e. The van der Waals surface area contributed by atoms with E-state index in [1.54, 1.807) is 0 Å². The van der Waals surface area contributed by atoms with Gasteiger partial charge < -0.3 is 32.7 Å². The Morgan fingerprint density at radius 2 is 1.52 bits per heavy atom. The zero-order valence-corrected chi connectivity index (χ0v) is 22.0. The van der Waals surface area contributed by atoms with Gasteiger partial charge in [-0.1, -0.05) is 33.6 Å². The monoisotopic (exact) mass is 468 g/mol. The van der Waals surface area contributed by atoms with Crippen LogP contribution in [-0.4, -0.2) is 63.8 Å². The highest BCUT2D eigenvalue weighted by atomic mass is 16.2. The third-order valence-electron chi connectivity index (χ3n) is 7.05. The number of amides is 1. The van der Waals surface area contributed by atoms with Crippen LogP contribution in [0.4, 0.5) is 0 Å². The summed E-state index contributed by atoms with van der Waals surface area (Å²) in [6.45, 7) is 13.6. The van der Waals surface area contributed by atoms with Crippen molar-refractivity contribution in [3.63, 3.8) is 0 Å². The van der Waals surface area contributed by atoms with Crippen molar-refractivity contribution in [1.82, 2.24) is 21.3 Å². The molecule has 8 N–H and O–H groups in total. The van der Waals surface area contributed by atoms with Crippen LogP contribution in [0, 0.1) is 17.8 Å². The van der Waals surface area contributed by atoms with Gasteiger partial charge in [-0.2, -0.15) is 0 Å². The van der Waals surface area contributed by atoms with Crippen LogP contribution in [-0.2, 0) is 4.79 Å². The van der Waals surface area contributed by atoms with Gasteiger partial charge in [-0.25, -0.2) is 0 Å². The molecule has 1 rings (SSSR count). The number of rotatable bonds is 20. The third kappa shape index (κ3) is 15.0. The molecule has 0 aromatic heterocycles. The molecule has 0 heterocycles. The lowest BCUT2D eigenvalue weighted by molar-refractivity contribution is -0.122. The zero-order chi connectivity index (χ0) is 24.3. The SMILES string of the molecule is CC(C)C1CC[C@@H](C)CC1NCCCC[C@@H](N)C(=O)NCCCNCCCCNCCCN. The Labute approximate surface area is 204 Å². The molecule has 0 aromatic rings. The van der Waals surface area contributed by atoms with Crippen molar-refractivity contribution in [3.05, 3.63) is 0 Å². The molecule has 0 saturated heterocycles. The molecule has 1 amide bonds. The van der Waals surface area contributed by atoms with Gasteiger partial charge in [-0.15, -0.1) is 0 Å². The van der Waals surface area contributed by atoms with Crippen LogP contribution in [0.3, 0.4) is 0 Å². The molecule has 0 spiro atoms. The summed E-state index contributed by atoms with van der Waals surface area (Å²) in [5, 5.41) is 13.6. The van der Waals surface area contributed by atoms with E-state index >= 15 is 0 Å². The number of carbonyl (C=O) groups is 1. The third-order valence-corrected chi connectivity index (χ3v) is 7.05. The fraction of sp³-hybridized carbons (Fsp3) is 0.962. The molecule has 1 saturated carbocycles. The predicted molar refractivity (Wildman–Crippen MR) is 141 cm³/mol. The number of unbranched alkanes of at least 4 members (excludes halogenated alkanes) is 2. The van der Waals surface area contributed by atoms with Crippen LogP contribution < -0.4 is 32.7 Å². The molecule has 1 aliphatic rings. The summed E-state index contributed by atoms with van der Waals surface area (Å²) in [6, 6.07) is 0.264. The van der Waals surface area contributed by atoms with Gasteiger partial charge in [0, 0.05) is 12.6 Å². The number of hydrogen-bond acceptors (Lipinski definition) is 6. The minimum atomic E-state index is -0.386. The molecule has 0 aromatic carbocycles. The lowest BCUT2D eigenvalue weighted by atomic mass is 9.74. The van der Waals surface area contributed by atoms with Gasteiger partial charge in [0.05, 0.1) is 6.04 Å². The summed E-state index contributed by atoms with van der Waals surface area (Å²) in [6.07, 6.45) is 11.2. The lowest BCUT2D eigenvalue weighted by Gasteiger charge is -2.38. The molecule has 7 nitrogen and oxygen atoms in total. The van der Waals surface area contributed by atoms with Crippen LogP contribution in [0.25, 0.3) is 0 Å². The summed E-state index contributed by atoms with van der Waals surface area (Å²) in [5.41, 5.74) is 11.6. The van der Waals surface area contributed by atoms with E-state index in [2.05, 4.69) is 42.0 Å². The van der Waals surface area contributed by atoms with Crippen LogP contribution in [0.15, 0.2) is 0 Å². The maximum atomic E-state index is 12.2. The lowest BCUT2D eigenvalue weighted by Crippen LogP contribution is -2.43. The first-order valence-electron chi connectivity index (χ1n) is 13.8. The van der Waals surface area contributed by atoms with Crippen molar-refractivity contribution in [2.75, 3.05) is 45.8 Å². The highest BCUT2D eigenvalue weighted by Crippen LogP contribution is 2.33. The molecule has 33 heavy (non-hydrogen) atoms. The molecule has 2 unspecified atom stereocenters. The van der Waals surface area contributed by atoms with E-state index in [1.807, 2.05) is 0 Å². The molecule has 0 aliphatic heterocycles. The fourth-order valence-corrected chi connectivity index (χ4v) is 4.88. The Balaban J connectivity index is 1.96. The van der Waals surface area contributed by atoms with E-state index in [9.17, 15) is 4.79 Å². The summed E-state index contributed by atoms with van der Waals surface area (Å²) in [7, 11) is 0. The minimum Gasteiger partial charge on any atom is -0.355 e. The predicted octanol–water partition coefficient (Wildman–Crippen LogP) is 2.35. The smallest absolute Gasteiger partial charge is 0.236 e. The second kappa shape index (κ2) is 19.6. The number of nitrogens with one attached hydrogen (secondary N) is 4. The minimum absolute atomic E-state index is 0.00695. The van der Waals surface area contributed by atoms with Gasteiger partial charge in [0.25, 0.3) is 0 Å². The van der Waals surface area contributed by atoms with Crippen molar-refractivity contribution in [3.8, 4) is 0 Å². The molecule has 1 aliphatic carbocycles. The van der Waals surface area contributed by atoms with E-state index in [0.29, 0.717) is 12.6 Å². The first-order chi connectivity index (χ1) is 16.0. The van der Waals surface area contributed by atoms with Crippen LogP contribution in [0.5, 0.6) is 0 Å². The maximum Gasteiger partial charge on any atom is 0.236 e. The van der Waals surface area contributed by atoms with E-state index in [-0.39, 0.29) is 11.9 Å². The van der Waals surface area contributed by atoms with Gasteiger partial charge in [-0.05, 0) is 108 Å². The van der Waals surface area contributed by atoms with Crippen molar-refractivity contribution < 1.29 is 4.79 Å². The molecular formula is C26H56N6O.